The van der Waals surface area contributed by atoms with Gasteiger partial charge in [0.05, 0.1) is 28.8 Å². The molecular formula is C35H47N7O3Si. The zero-order valence-corrected chi connectivity index (χ0v) is 29.9. The summed E-state index contributed by atoms with van der Waals surface area (Å²) in [6.07, 6.45) is 3.98. The van der Waals surface area contributed by atoms with E-state index in [9.17, 15) is 10.1 Å². The lowest BCUT2D eigenvalue weighted by Gasteiger charge is -2.39. The Balaban J connectivity index is 1.53. The second kappa shape index (κ2) is 12.1. The molecule has 0 radical (unpaired) electrons. The monoisotopic (exact) mass is 641 g/mol. The number of carbonyl (C=O) groups excluding carboxylic acids is 1. The van der Waals surface area contributed by atoms with Crippen LogP contribution in [0.15, 0.2) is 36.7 Å². The van der Waals surface area contributed by atoms with Gasteiger partial charge in [-0.05, 0) is 81.3 Å². The molecule has 1 N–H and O–H groups in total. The highest BCUT2D eigenvalue weighted by atomic mass is 28.4. The molecule has 2 aliphatic heterocycles. The lowest BCUT2D eigenvalue weighted by atomic mass is 9.83. The van der Waals surface area contributed by atoms with E-state index < -0.39 is 25.4 Å². The smallest absolute Gasteiger partial charge is 0.414 e. The average Bonchev–Trinajstić information content (AvgIpc) is 3.27. The van der Waals surface area contributed by atoms with Gasteiger partial charge in [-0.1, -0.05) is 27.7 Å². The third kappa shape index (κ3) is 6.94. The third-order valence-corrected chi connectivity index (χ3v) is 13.7. The van der Waals surface area contributed by atoms with Gasteiger partial charge in [0.1, 0.15) is 11.7 Å². The van der Waals surface area contributed by atoms with Gasteiger partial charge in [0, 0.05) is 55.5 Å². The Labute approximate surface area is 274 Å². The number of pyridine rings is 1. The van der Waals surface area contributed by atoms with Gasteiger partial charge in [-0.15, -0.1) is 0 Å². The summed E-state index contributed by atoms with van der Waals surface area (Å²) in [5.41, 5.74) is 5.10. The molecule has 0 bridgehead atoms. The first-order valence-electron chi connectivity index (χ1n) is 15.9. The van der Waals surface area contributed by atoms with Crippen molar-refractivity contribution >= 4 is 31.7 Å². The first-order valence-corrected chi connectivity index (χ1v) is 18.8. The van der Waals surface area contributed by atoms with Crippen LogP contribution in [0.2, 0.25) is 18.1 Å². The van der Waals surface area contributed by atoms with E-state index in [0.29, 0.717) is 36.0 Å². The van der Waals surface area contributed by atoms with Gasteiger partial charge < -0.3 is 19.4 Å². The summed E-state index contributed by atoms with van der Waals surface area (Å²) in [5, 5.41) is 13.7. The molecule has 10 nitrogen and oxygen atoms in total. The van der Waals surface area contributed by atoms with Crippen LogP contribution in [0.1, 0.15) is 70.9 Å². The van der Waals surface area contributed by atoms with Crippen molar-refractivity contribution in [3.8, 4) is 17.3 Å². The topological polar surface area (TPSA) is 116 Å². The van der Waals surface area contributed by atoms with Crippen LogP contribution in [0.3, 0.4) is 0 Å². The van der Waals surface area contributed by atoms with Gasteiger partial charge in [-0.3, -0.25) is 9.88 Å². The highest BCUT2D eigenvalue weighted by Crippen LogP contribution is 2.47. The number of fused-ring (bicyclic) bond motifs is 2. The summed E-state index contributed by atoms with van der Waals surface area (Å²) >= 11 is 0. The highest BCUT2D eigenvalue weighted by Gasteiger charge is 2.47. The molecule has 0 aliphatic carbocycles. The predicted molar refractivity (Wildman–Crippen MR) is 184 cm³/mol. The fourth-order valence-corrected chi connectivity index (χ4v) is 6.74. The number of benzene rings is 1. The number of likely N-dealkylation sites (N-methyl/N-ethyl adjacent to an activating group) is 1. The number of amides is 1. The number of nitrogens with one attached hydrogen (secondary N) is 1. The minimum Gasteiger partial charge on any atom is -0.443 e. The summed E-state index contributed by atoms with van der Waals surface area (Å²) in [6.45, 7) is 21.3. The van der Waals surface area contributed by atoms with Crippen LogP contribution in [-0.4, -0.2) is 66.6 Å². The van der Waals surface area contributed by atoms with Crippen LogP contribution < -0.4 is 10.2 Å². The summed E-state index contributed by atoms with van der Waals surface area (Å²) in [6, 6.07) is 10.1. The molecule has 5 rings (SSSR count). The Morgan fingerprint density at radius 2 is 1.89 bits per heavy atom. The standard InChI is InChI=1S/C35H47N7O3Si/c1-33(2,3)45-32(43)42-21-35(7,22-44-46(9,10)34(4,5)6)27-17-23(15-24(18-36)30(27)42)29-11-13-37-31(40-29)39-26-16-25-20-41(8)14-12-28(25)38-19-26/h11,13,15-17,19H,12,14,20-22H2,1-10H3,(H,37,39,40)/t35-/m1/s1. The van der Waals surface area contributed by atoms with Crippen molar-refractivity contribution < 1.29 is 14.0 Å². The van der Waals surface area contributed by atoms with E-state index in [4.69, 9.17) is 14.1 Å². The minimum atomic E-state index is -2.12. The molecule has 11 heteroatoms. The Morgan fingerprint density at radius 3 is 2.57 bits per heavy atom. The number of nitriles is 1. The minimum absolute atomic E-state index is 0.0170. The lowest BCUT2D eigenvalue weighted by molar-refractivity contribution is 0.0575. The van der Waals surface area contributed by atoms with Gasteiger partial charge in [0.15, 0.2) is 8.32 Å². The molecule has 2 aromatic heterocycles. The van der Waals surface area contributed by atoms with Crippen molar-refractivity contribution in [1.29, 1.82) is 5.26 Å². The summed E-state index contributed by atoms with van der Waals surface area (Å²) in [5.74, 6) is 0.432. The van der Waals surface area contributed by atoms with Crippen LogP contribution in [0.25, 0.3) is 11.3 Å². The van der Waals surface area contributed by atoms with Crippen LogP contribution >= 0.6 is 0 Å². The van der Waals surface area contributed by atoms with Crippen LogP contribution in [0.5, 0.6) is 0 Å². The Hall–Kier alpha value is -3.85. The van der Waals surface area contributed by atoms with E-state index in [1.807, 2.05) is 39.1 Å². The van der Waals surface area contributed by atoms with E-state index in [2.05, 4.69) is 80.2 Å². The molecule has 0 unspecified atom stereocenters. The second-order valence-electron chi connectivity index (χ2n) is 15.4. The van der Waals surface area contributed by atoms with Gasteiger partial charge in [-0.2, -0.15) is 5.26 Å². The van der Waals surface area contributed by atoms with Gasteiger partial charge in [0.2, 0.25) is 5.95 Å². The fourth-order valence-electron chi connectivity index (χ4n) is 5.63. The normalized spacial score (nSPS) is 18.5. The van der Waals surface area contributed by atoms with Crippen LogP contribution in [-0.2, 0) is 27.5 Å². The van der Waals surface area contributed by atoms with Crippen LogP contribution in [0.4, 0.5) is 22.1 Å². The number of nitrogens with zero attached hydrogens (tertiary/aromatic N) is 6. The summed E-state index contributed by atoms with van der Waals surface area (Å²) in [4.78, 5) is 31.4. The Kier molecular flexibility index (Phi) is 8.79. The number of hydrogen-bond acceptors (Lipinski definition) is 9. The number of aromatic nitrogens is 3. The molecular weight excluding hydrogens is 595 g/mol. The first-order chi connectivity index (χ1) is 21.4. The van der Waals surface area contributed by atoms with E-state index in [0.717, 1.165) is 42.0 Å². The maximum atomic E-state index is 13.5. The molecule has 2 aliphatic rings. The third-order valence-electron chi connectivity index (χ3n) is 9.27. The van der Waals surface area contributed by atoms with Crippen molar-refractivity contribution in [1.82, 2.24) is 19.9 Å². The molecule has 244 valence electrons. The van der Waals surface area contributed by atoms with Gasteiger partial charge in [-0.25, -0.2) is 14.8 Å². The molecule has 4 heterocycles. The molecule has 3 aromatic rings. The molecule has 0 saturated heterocycles. The number of ether oxygens (including phenoxy) is 1. The summed E-state index contributed by atoms with van der Waals surface area (Å²) in [7, 11) is -0.0117. The zero-order chi connectivity index (χ0) is 33.7. The molecule has 0 spiro atoms. The zero-order valence-electron chi connectivity index (χ0n) is 28.9. The van der Waals surface area contributed by atoms with Crippen LogP contribution in [0, 0.1) is 11.3 Å². The molecule has 0 saturated carbocycles. The lowest BCUT2D eigenvalue weighted by Crippen LogP contribution is -2.46. The maximum absolute atomic E-state index is 13.5. The highest BCUT2D eigenvalue weighted by molar-refractivity contribution is 6.74. The quantitative estimate of drug-likeness (QED) is 0.280. The van der Waals surface area contributed by atoms with E-state index in [1.165, 1.54) is 5.56 Å². The van der Waals surface area contributed by atoms with Gasteiger partial charge >= 0.3 is 6.09 Å². The van der Waals surface area contributed by atoms with Crippen molar-refractivity contribution in [2.75, 3.05) is 37.0 Å². The number of hydrogen-bond donors (Lipinski definition) is 1. The number of rotatable bonds is 6. The molecule has 1 atom stereocenters. The van der Waals surface area contributed by atoms with Crippen molar-refractivity contribution in [3.63, 3.8) is 0 Å². The number of carbonyl (C=O) groups is 1. The Bertz CT molecular complexity index is 1690. The first kappa shape index (κ1) is 33.5. The van der Waals surface area contributed by atoms with E-state index in [1.54, 1.807) is 17.2 Å². The van der Waals surface area contributed by atoms with E-state index in [-0.39, 0.29) is 5.04 Å². The largest absolute Gasteiger partial charge is 0.443 e. The molecule has 0 fully saturated rings. The molecule has 46 heavy (non-hydrogen) atoms. The van der Waals surface area contributed by atoms with Crippen molar-refractivity contribution in [3.05, 3.63) is 59.0 Å². The van der Waals surface area contributed by atoms with Crippen molar-refractivity contribution in [2.45, 2.75) is 90.6 Å². The number of anilines is 3. The van der Waals surface area contributed by atoms with Crippen molar-refractivity contribution in [2.24, 2.45) is 0 Å². The average molecular weight is 642 g/mol. The van der Waals surface area contributed by atoms with E-state index >= 15 is 0 Å². The molecule has 1 aromatic carbocycles. The second-order valence-corrected chi connectivity index (χ2v) is 20.2. The summed E-state index contributed by atoms with van der Waals surface area (Å²) < 4.78 is 12.6. The fraction of sp³-hybridized carbons (Fsp3) is 0.514. The Morgan fingerprint density at radius 1 is 1.15 bits per heavy atom. The van der Waals surface area contributed by atoms with Gasteiger partial charge in [0.25, 0.3) is 0 Å². The maximum Gasteiger partial charge on any atom is 0.414 e. The molecule has 1 amide bonds. The SMILES string of the molecule is CN1CCc2ncc(Nc3nccc(-c4cc(C#N)c5c(c4)[C@@](C)(CO[Si](C)(C)C(C)(C)C)CN5C(=O)OC(C)(C)C)n3)cc2C1. The predicted octanol–water partition coefficient (Wildman–Crippen LogP) is 7.18.